The van der Waals surface area contributed by atoms with Gasteiger partial charge in [0, 0.05) is 24.9 Å². The summed E-state index contributed by atoms with van der Waals surface area (Å²) in [6, 6.07) is 3.53. The molecule has 1 aliphatic heterocycles. The van der Waals surface area contributed by atoms with Gasteiger partial charge in [0.25, 0.3) is 5.91 Å². The van der Waals surface area contributed by atoms with E-state index in [0.29, 0.717) is 61.5 Å². The van der Waals surface area contributed by atoms with Crippen molar-refractivity contribution >= 4 is 17.6 Å². The van der Waals surface area contributed by atoms with Crippen LogP contribution in [0.15, 0.2) is 30.7 Å². The molecule has 0 bridgehead atoms. The number of hydrogen-bond acceptors (Lipinski definition) is 7. The molecule has 0 unspecified atom stereocenters. The van der Waals surface area contributed by atoms with E-state index in [1.54, 1.807) is 35.6 Å². The van der Waals surface area contributed by atoms with E-state index in [-0.39, 0.29) is 17.7 Å². The summed E-state index contributed by atoms with van der Waals surface area (Å²) in [5, 5.41) is 9.00. The lowest BCUT2D eigenvalue weighted by molar-refractivity contribution is -0.145. The Balaban J connectivity index is 1.15. The molecular formula is C22H24N4O5. The molecule has 1 amide bonds. The maximum Gasteiger partial charge on any atom is 0.306 e. The third-order valence-electron chi connectivity index (χ3n) is 6.13. The van der Waals surface area contributed by atoms with Crippen LogP contribution in [0.4, 0.5) is 5.69 Å². The number of pyridine rings is 1. The highest BCUT2D eigenvalue weighted by atomic mass is 16.5. The van der Waals surface area contributed by atoms with Gasteiger partial charge in [-0.2, -0.15) is 0 Å². The second-order valence-electron chi connectivity index (χ2n) is 8.47. The molecule has 162 valence electrons. The van der Waals surface area contributed by atoms with Gasteiger partial charge in [0.15, 0.2) is 6.10 Å². The van der Waals surface area contributed by atoms with Crippen molar-refractivity contribution in [3.05, 3.63) is 36.5 Å². The van der Waals surface area contributed by atoms with Gasteiger partial charge < -0.3 is 19.5 Å². The number of rotatable bonds is 8. The van der Waals surface area contributed by atoms with Gasteiger partial charge >= 0.3 is 5.97 Å². The third-order valence-corrected chi connectivity index (χ3v) is 6.13. The number of anilines is 1. The quantitative estimate of drug-likeness (QED) is 0.687. The summed E-state index contributed by atoms with van der Waals surface area (Å²) in [6.45, 7) is 1.22. The molecular weight excluding hydrogens is 400 g/mol. The molecule has 0 aromatic carbocycles. The zero-order valence-electron chi connectivity index (χ0n) is 17.0. The van der Waals surface area contributed by atoms with E-state index in [2.05, 4.69) is 15.0 Å². The second-order valence-corrected chi connectivity index (χ2v) is 8.47. The first-order valence-electron chi connectivity index (χ1n) is 10.7. The van der Waals surface area contributed by atoms with Crippen molar-refractivity contribution in [3.63, 3.8) is 0 Å². The number of carbonyl (C=O) groups is 2. The Morgan fingerprint density at radius 1 is 1.10 bits per heavy atom. The van der Waals surface area contributed by atoms with E-state index >= 15 is 0 Å². The Morgan fingerprint density at radius 2 is 1.87 bits per heavy atom. The summed E-state index contributed by atoms with van der Waals surface area (Å²) in [5.41, 5.74) is 0.621. The van der Waals surface area contributed by atoms with Crippen molar-refractivity contribution in [2.45, 2.75) is 44.1 Å². The van der Waals surface area contributed by atoms with Crippen LogP contribution in [-0.4, -0.2) is 51.2 Å². The number of carbonyl (C=O) groups excluding carboxylic acids is 1. The number of aliphatic carboxylic acids is 1. The van der Waals surface area contributed by atoms with Crippen LogP contribution in [0, 0.1) is 11.8 Å². The van der Waals surface area contributed by atoms with E-state index < -0.39 is 12.1 Å². The topological polar surface area (TPSA) is 115 Å². The van der Waals surface area contributed by atoms with Crippen molar-refractivity contribution in [3.8, 4) is 11.6 Å². The highest BCUT2D eigenvalue weighted by Gasteiger charge is 2.38. The van der Waals surface area contributed by atoms with Gasteiger partial charge in [-0.15, -0.1) is 0 Å². The minimum Gasteiger partial charge on any atom is -0.481 e. The largest absolute Gasteiger partial charge is 0.481 e. The fourth-order valence-corrected chi connectivity index (χ4v) is 3.91. The third kappa shape index (κ3) is 4.30. The number of carboxylic acid groups (broad SMARTS) is 1. The average Bonchev–Trinajstić information content (AvgIpc) is 3.50. The summed E-state index contributed by atoms with van der Waals surface area (Å²) in [7, 11) is 0. The number of hydrogen-bond donors (Lipinski definition) is 1. The van der Waals surface area contributed by atoms with Gasteiger partial charge in [0.1, 0.15) is 11.6 Å². The highest BCUT2D eigenvalue weighted by Crippen LogP contribution is 2.40. The van der Waals surface area contributed by atoms with E-state index in [4.69, 9.17) is 14.6 Å². The predicted molar refractivity (Wildman–Crippen MR) is 109 cm³/mol. The molecule has 9 nitrogen and oxygen atoms in total. The zero-order valence-corrected chi connectivity index (χ0v) is 17.0. The van der Waals surface area contributed by atoms with E-state index in [0.717, 1.165) is 0 Å². The summed E-state index contributed by atoms with van der Waals surface area (Å²) < 4.78 is 11.5. The van der Waals surface area contributed by atoms with Crippen LogP contribution < -0.4 is 14.4 Å². The molecule has 3 fully saturated rings. The van der Waals surface area contributed by atoms with Crippen LogP contribution in [0.5, 0.6) is 11.6 Å². The summed E-state index contributed by atoms with van der Waals surface area (Å²) in [6.07, 6.45) is 8.39. The van der Waals surface area contributed by atoms with Gasteiger partial charge in [-0.1, -0.05) is 0 Å². The minimum atomic E-state index is -0.766. The first-order valence-corrected chi connectivity index (χ1v) is 10.7. The second kappa shape index (κ2) is 8.13. The lowest BCUT2D eigenvalue weighted by atomic mass is 9.74. The molecule has 3 heterocycles. The minimum absolute atomic E-state index is 0.0734. The lowest BCUT2D eigenvalue weighted by Crippen LogP contribution is -2.33. The zero-order chi connectivity index (χ0) is 21.4. The Kier molecular flexibility index (Phi) is 5.17. The van der Waals surface area contributed by atoms with Crippen LogP contribution in [0.3, 0.4) is 0 Å². The first kappa shape index (κ1) is 19.7. The highest BCUT2D eigenvalue weighted by molar-refractivity contribution is 5.98. The normalized spacial score (nSPS) is 25.2. The van der Waals surface area contributed by atoms with E-state index in [1.165, 1.54) is 12.8 Å². The monoisotopic (exact) mass is 424 g/mol. The van der Waals surface area contributed by atoms with Crippen LogP contribution >= 0.6 is 0 Å². The number of carboxylic acids is 1. The number of aromatic nitrogens is 3. The lowest BCUT2D eigenvalue weighted by Gasteiger charge is -2.31. The fraction of sp³-hybridized carbons (Fsp3) is 0.500. The molecule has 0 spiro atoms. The maximum absolute atomic E-state index is 12.8. The van der Waals surface area contributed by atoms with E-state index in [1.807, 2.05) is 0 Å². The van der Waals surface area contributed by atoms with Crippen LogP contribution in [0.2, 0.25) is 0 Å². The molecule has 9 heteroatoms. The van der Waals surface area contributed by atoms with E-state index in [9.17, 15) is 9.59 Å². The molecule has 1 N–H and O–H groups in total. The fourth-order valence-electron chi connectivity index (χ4n) is 3.91. The maximum atomic E-state index is 12.8. The van der Waals surface area contributed by atoms with Gasteiger partial charge in [-0.25, -0.2) is 15.0 Å². The summed E-state index contributed by atoms with van der Waals surface area (Å²) >= 11 is 0. The Bertz CT molecular complexity index is 955. The van der Waals surface area contributed by atoms with Crippen LogP contribution in [-0.2, 0) is 9.59 Å². The van der Waals surface area contributed by atoms with Crippen molar-refractivity contribution in [2.75, 3.05) is 18.1 Å². The molecule has 31 heavy (non-hydrogen) atoms. The Hall–Kier alpha value is -3.23. The van der Waals surface area contributed by atoms with Crippen molar-refractivity contribution in [1.29, 1.82) is 0 Å². The van der Waals surface area contributed by atoms with Crippen LogP contribution in [0.25, 0.3) is 0 Å². The molecule has 2 aliphatic carbocycles. The van der Waals surface area contributed by atoms with Gasteiger partial charge in [0.2, 0.25) is 5.88 Å². The molecule has 2 aromatic heterocycles. The Labute approximate surface area is 179 Å². The molecule has 5 rings (SSSR count). The van der Waals surface area contributed by atoms with Crippen molar-refractivity contribution in [1.82, 2.24) is 15.0 Å². The number of ether oxygens (including phenoxy) is 2. The molecule has 3 aliphatic rings. The van der Waals surface area contributed by atoms with Crippen LogP contribution in [0.1, 0.15) is 43.8 Å². The number of amides is 1. The van der Waals surface area contributed by atoms with Gasteiger partial charge in [-0.05, 0) is 37.7 Å². The van der Waals surface area contributed by atoms with Gasteiger partial charge in [0.05, 0.1) is 36.8 Å². The summed E-state index contributed by atoms with van der Waals surface area (Å²) in [4.78, 5) is 38.3. The van der Waals surface area contributed by atoms with Crippen molar-refractivity contribution < 1.29 is 24.2 Å². The Morgan fingerprint density at radius 3 is 2.52 bits per heavy atom. The van der Waals surface area contributed by atoms with Crippen molar-refractivity contribution in [2.24, 2.45) is 11.8 Å². The average molecular weight is 424 g/mol. The predicted octanol–water partition coefficient (Wildman–Crippen LogP) is 2.42. The first-order chi connectivity index (χ1) is 15.1. The molecule has 2 saturated carbocycles. The summed E-state index contributed by atoms with van der Waals surface area (Å²) in [5.74, 6) is 1.26. The van der Waals surface area contributed by atoms with Gasteiger partial charge in [-0.3, -0.25) is 9.59 Å². The molecule has 1 saturated heterocycles. The molecule has 1 atom stereocenters. The smallest absolute Gasteiger partial charge is 0.306 e. The molecule has 0 radical (unpaired) electrons. The molecule has 2 aromatic rings. The SMILES string of the molecule is O=C(O)C1CC(c2ncc(N3CC[C@@H](Oc4ccc(OCC5CC5)nc4)C3=O)cn2)C1. The standard InChI is InChI=1S/C22H24N4O5/c27-21-18(31-17-3-4-19(23-11-17)30-12-13-1-2-13)5-6-26(21)16-9-24-20(25-10-16)14-7-15(8-14)22(28)29/h3-4,9-11,13-15,18H,1-2,5-8,12H2,(H,28,29)/t14?,15?,18-/m1/s1. The number of nitrogens with zero attached hydrogens (tertiary/aromatic N) is 4.